The third kappa shape index (κ3) is 10.2. The number of piperidine rings is 1. The zero-order chi connectivity index (χ0) is 56.4. The van der Waals surface area contributed by atoms with Crippen LogP contribution < -0.4 is 56.4 Å². The number of piperazine rings is 2. The number of halogens is 3. The fraction of sp³-hybridized carbons (Fsp3) is 0.474. The van der Waals surface area contributed by atoms with Gasteiger partial charge in [0.05, 0.1) is 47.2 Å². The van der Waals surface area contributed by atoms with Gasteiger partial charge in [-0.1, -0.05) is 0 Å². The second-order valence-corrected chi connectivity index (χ2v) is 21.9. The largest absolute Gasteiger partial charge is 0.492 e. The summed E-state index contributed by atoms with van der Waals surface area (Å²) < 4.78 is 61.7. The van der Waals surface area contributed by atoms with E-state index in [4.69, 9.17) is 9.47 Å². The molecule has 0 bridgehead atoms. The summed E-state index contributed by atoms with van der Waals surface area (Å²) in [5.74, 6) is -4.41. The molecule has 20 nitrogen and oxygen atoms in total. The molecule has 1 unspecified atom stereocenters. The van der Waals surface area contributed by atoms with Gasteiger partial charge in [0.1, 0.15) is 33.9 Å². The SMILES string of the molecule is COc1c(N2CCNC(C)C2)c(F)cc2c(=O)c(C(=O)O)cn(C3CC3)c12.COc1c(N2C[C@@H]3CCCN[C@@H]3C2)c(F)cc2c(=O)c(C(=O)O)cn(C3CC3)c12.O=C(O)c1cn(C2CC2)c2cc(N3CCNCC3)c(F)cc2c1=O. The van der Waals surface area contributed by atoms with Crippen LogP contribution in [0.5, 0.6) is 11.5 Å². The Hall–Kier alpha value is -7.63. The van der Waals surface area contributed by atoms with Crippen molar-refractivity contribution in [2.45, 2.75) is 88.5 Å². The van der Waals surface area contributed by atoms with Crippen molar-refractivity contribution in [3.05, 3.63) is 108 Å². The number of fused-ring (bicyclic) bond motifs is 4. The third-order valence-corrected chi connectivity index (χ3v) is 16.5. The van der Waals surface area contributed by atoms with Crippen molar-refractivity contribution in [2.24, 2.45) is 5.92 Å². The molecule has 0 spiro atoms. The summed E-state index contributed by atoms with van der Waals surface area (Å²) in [6, 6.07) is 6.15. The topological polar surface area (TPSA) is 242 Å². The standard InChI is InChI=1S/C21H24FN3O4.C19H22FN3O4.C17H18FN3O3/c1-29-20-17-13(19(26)14(21(27)28)9-25(17)12-4-5-12)7-15(22)18(20)24-8-11-3-2-6-23-16(11)10-24;1-10-8-22(6-5-21-10)16-14(20)7-12-15(18(16)27-2)23(11-3-4-11)9-13(17(12)24)19(25)26;18-13-7-11-14(8-15(13)20-5-3-19-4-6-20)21(10-1-2-10)9-12(16(11)22)17(23)24/h7,9,11-12,16,23H,2-6,8,10H2,1H3,(H,27,28);7,9-11,21H,3-6,8H2,1-2H3,(H,25,26);7-10,19H,1-6H2,(H,23,24)/t11-,16+;;/m0../s1. The zero-order valence-electron chi connectivity index (χ0n) is 44.7. The van der Waals surface area contributed by atoms with Gasteiger partial charge in [-0.15, -0.1) is 0 Å². The molecule has 7 fully saturated rings. The molecule has 3 aromatic heterocycles. The number of carboxylic acids is 3. The molecule has 3 saturated carbocycles. The Labute approximate surface area is 456 Å². The minimum absolute atomic E-state index is 0.0445. The maximum atomic E-state index is 15.3. The molecule has 3 atom stereocenters. The zero-order valence-corrected chi connectivity index (χ0v) is 44.7. The number of ether oxygens (including phenoxy) is 2. The Balaban J connectivity index is 0.000000127. The van der Waals surface area contributed by atoms with E-state index in [0.29, 0.717) is 89.8 Å². The first-order valence-electron chi connectivity index (χ1n) is 27.4. The summed E-state index contributed by atoms with van der Waals surface area (Å²) in [4.78, 5) is 78.2. The lowest BCUT2D eigenvalue weighted by Gasteiger charge is -2.35. The van der Waals surface area contributed by atoms with Crippen LogP contribution in [0.4, 0.5) is 30.2 Å². The lowest BCUT2D eigenvalue weighted by molar-refractivity contribution is 0.0684. The molecule has 23 heteroatoms. The highest BCUT2D eigenvalue weighted by atomic mass is 19.1. The van der Waals surface area contributed by atoms with Gasteiger partial charge in [-0.3, -0.25) is 14.4 Å². The van der Waals surface area contributed by atoms with Crippen molar-refractivity contribution < 1.29 is 52.3 Å². The van der Waals surface area contributed by atoms with E-state index in [2.05, 4.69) is 16.0 Å². The molecular weight excluding hydrogens is 1040 g/mol. The van der Waals surface area contributed by atoms with Crippen LogP contribution in [0.25, 0.3) is 32.7 Å². The number of methoxy groups -OCH3 is 2. The molecule has 7 aliphatic rings. The highest BCUT2D eigenvalue weighted by Gasteiger charge is 2.39. The molecule has 80 heavy (non-hydrogen) atoms. The van der Waals surface area contributed by atoms with E-state index in [1.165, 1.54) is 44.9 Å². The Morgan fingerprint density at radius 2 is 1.02 bits per heavy atom. The molecule has 6 aromatic rings. The van der Waals surface area contributed by atoms with Crippen LogP contribution in [0.2, 0.25) is 0 Å². The fourth-order valence-electron chi connectivity index (χ4n) is 12.1. The van der Waals surface area contributed by atoms with E-state index in [0.717, 1.165) is 90.2 Å². The minimum Gasteiger partial charge on any atom is -0.492 e. The lowest BCUT2D eigenvalue weighted by Crippen LogP contribution is -2.49. The quantitative estimate of drug-likeness (QED) is 0.0880. The second kappa shape index (κ2) is 21.8. The molecule has 4 aliphatic heterocycles. The number of carbonyl (C=O) groups is 3. The number of anilines is 3. The molecule has 4 saturated heterocycles. The summed E-state index contributed by atoms with van der Waals surface area (Å²) >= 11 is 0. The van der Waals surface area contributed by atoms with E-state index in [9.17, 15) is 48.5 Å². The number of pyridine rings is 3. The van der Waals surface area contributed by atoms with E-state index in [1.54, 1.807) is 15.2 Å². The molecule has 3 aliphatic carbocycles. The van der Waals surface area contributed by atoms with E-state index >= 15 is 8.78 Å². The van der Waals surface area contributed by atoms with Crippen molar-refractivity contribution >= 4 is 67.7 Å². The van der Waals surface area contributed by atoms with E-state index < -0.39 is 51.6 Å². The first kappa shape index (κ1) is 54.3. The molecule has 7 heterocycles. The van der Waals surface area contributed by atoms with Crippen LogP contribution in [0.1, 0.15) is 107 Å². The summed E-state index contributed by atoms with van der Waals surface area (Å²) in [5, 5.41) is 38.4. The van der Waals surface area contributed by atoms with Crippen LogP contribution in [0.3, 0.4) is 0 Å². The number of aromatic carboxylic acids is 3. The Morgan fingerprint density at radius 3 is 1.51 bits per heavy atom. The van der Waals surface area contributed by atoms with Gasteiger partial charge in [-0.05, 0) is 95.0 Å². The fourth-order valence-corrected chi connectivity index (χ4v) is 12.1. The summed E-state index contributed by atoms with van der Waals surface area (Å²) in [7, 11) is 2.93. The number of nitrogens with zero attached hydrogens (tertiary/aromatic N) is 6. The van der Waals surface area contributed by atoms with Crippen molar-refractivity contribution in [1.29, 1.82) is 0 Å². The van der Waals surface area contributed by atoms with Gasteiger partial charge in [0.15, 0.2) is 23.1 Å². The number of carboxylic acid groups (broad SMARTS) is 3. The first-order valence-corrected chi connectivity index (χ1v) is 27.4. The van der Waals surface area contributed by atoms with Gasteiger partial charge in [0.25, 0.3) is 0 Å². The monoisotopic (exact) mass is 1110 g/mol. The molecular formula is C57H64F3N9O11. The lowest BCUT2D eigenvalue weighted by atomic mass is 9.94. The second-order valence-electron chi connectivity index (χ2n) is 21.9. The molecule has 6 N–H and O–H groups in total. The predicted octanol–water partition coefficient (Wildman–Crippen LogP) is 5.93. The normalized spacial score (nSPS) is 20.9. The molecule has 3 aromatic carbocycles. The van der Waals surface area contributed by atoms with Crippen LogP contribution in [-0.2, 0) is 0 Å². The van der Waals surface area contributed by atoms with Crippen molar-refractivity contribution in [1.82, 2.24) is 29.7 Å². The number of rotatable bonds is 11. The van der Waals surface area contributed by atoms with Crippen LogP contribution in [0, 0.1) is 23.4 Å². The van der Waals surface area contributed by atoms with Crippen LogP contribution in [-0.4, -0.2) is 139 Å². The van der Waals surface area contributed by atoms with Gasteiger partial charge in [-0.25, -0.2) is 27.6 Å². The highest BCUT2D eigenvalue weighted by Crippen LogP contribution is 2.47. The van der Waals surface area contributed by atoms with E-state index in [1.807, 2.05) is 26.2 Å². The minimum atomic E-state index is -1.31. The number of benzene rings is 3. The predicted molar refractivity (Wildman–Crippen MR) is 295 cm³/mol. The first-order chi connectivity index (χ1) is 38.5. The van der Waals surface area contributed by atoms with Gasteiger partial charge in [0.2, 0.25) is 16.3 Å². The Morgan fingerprint density at radius 1 is 0.550 bits per heavy atom. The maximum Gasteiger partial charge on any atom is 0.341 e. The van der Waals surface area contributed by atoms with Gasteiger partial charge in [-0.2, -0.15) is 0 Å². The number of hydrogen-bond acceptors (Lipinski definition) is 14. The molecule has 424 valence electrons. The van der Waals surface area contributed by atoms with Crippen LogP contribution >= 0.6 is 0 Å². The Kier molecular flexibility index (Phi) is 14.8. The molecule has 13 rings (SSSR count). The third-order valence-electron chi connectivity index (χ3n) is 16.5. The van der Waals surface area contributed by atoms with Crippen molar-refractivity contribution in [3.8, 4) is 11.5 Å². The molecule has 0 amide bonds. The average molecular weight is 1110 g/mol. The summed E-state index contributed by atoms with van der Waals surface area (Å²) in [5.41, 5.74) is -0.233. The van der Waals surface area contributed by atoms with Gasteiger partial charge in [0, 0.05) is 113 Å². The van der Waals surface area contributed by atoms with Crippen LogP contribution in [0.15, 0.2) is 57.2 Å². The van der Waals surface area contributed by atoms with Gasteiger partial charge >= 0.3 is 17.9 Å². The van der Waals surface area contributed by atoms with E-state index in [-0.39, 0.29) is 57.0 Å². The highest BCUT2D eigenvalue weighted by molar-refractivity contribution is 5.99. The number of nitrogens with one attached hydrogen (secondary N) is 3. The van der Waals surface area contributed by atoms with Crippen molar-refractivity contribution in [2.75, 3.05) is 94.4 Å². The maximum absolute atomic E-state index is 15.3. The molecule has 0 radical (unpaired) electrons. The average Bonchev–Trinajstić information content (AvgIpc) is 4.31. The smallest absolute Gasteiger partial charge is 0.341 e. The number of hydrogen-bond donors (Lipinski definition) is 6. The van der Waals surface area contributed by atoms with Crippen molar-refractivity contribution in [3.63, 3.8) is 0 Å². The summed E-state index contributed by atoms with van der Waals surface area (Å²) in [6.07, 6.45) is 11.8. The van der Waals surface area contributed by atoms with Gasteiger partial charge < -0.3 is 69.1 Å². The summed E-state index contributed by atoms with van der Waals surface area (Å²) in [6.45, 7) is 9.32. The Bertz CT molecular complexity index is 3670. The number of aromatic nitrogens is 3.